The van der Waals surface area contributed by atoms with E-state index in [9.17, 15) is 14.4 Å². The van der Waals surface area contributed by atoms with E-state index in [0.29, 0.717) is 36.4 Å². The van der Waals surface area contributed by atoms with Crippen molar-refractivity contribution in [1.29, 1.82) is 0 Å². The van der Waals surface area contributed by atoms with E-state index in [2.05, 4.69) is 26.9 Å². The van der Waals surface area contributed by atoms with Crippen LogP contribution in [0.5, 0.6) is 0 Å². The maximum atomic E-state index is 13.4. The molecule has 0 radical (unpaired) electrons. The van der Waals surface area contributed by atoms with Crippen LogP contribution in [0.4, 0.5) is 5.69 Å². The van der Waals surface area contributed by atoms with E-state index in [1.165, 1.54) is 22.5 Å². The van der Waals surface area contributed by atoms with Crippen molar-refractivity contribution in [2.24, 2.45) is 0 Å². The van der Waals surface area contributed by atoms with Gasteiger partial charge in [-0.05, 0) is 79.1 Å². The first-order valence-electron chi connectivity index (χ1n) is 13.1. The summed E-state index contributed by atoms with van der Waals surface area (Å²) >= 11 is 1.51. The third kappa shape index (κ3) is 4.58. The first-order valence-corrected chi connectivity index (χ1v) is 13.9. The van der Waals surface area contributed by atoms with Crippen LogP contribution in [0.15, 0.2) is 48.7 Å². The molecule has 2 aromatic carbocycles. The van der Waals surface area contributed by atoms with E-state index in [0.717, 1.165) is 46.3 Å². The number of carbonyl (C=O) groups is 3. The van der Waals surface area contributed by atoms with Crippen molar-refractivity contribution in [1.82, 2.24) is 20.4 Å². The quantitative estimate of drug-likeness (QED) is 0.344. The van der Waals surface area contributed by atoms with Gasteiger partial charge in [0, 0.05) is 34.6 Å². The number of anilines is 1. The Balaban J connectivity index is 1.12. The highest BCUT2D eigenvalue weighted by atomic mass is 32.1. The number of fused-ring (bicyclic) bond motifs is 3. The zero-order valence-electron chi connectivity index (χ0n) is 21.2. The fourth-order valence-corrected chi connectivity index (χ4v) is 6.50. The average Bonchev–Trinajstić information content (AvgIpc) is 3.69. The highest BCUT2D eigenvalue weighted by Gasteiger charge is 2.29. The van der Waals surface area contributed by atoms with Crippen molar-refractivity contribution < 1.29 is 14.4 Å². The van der Waals surface area contributed by atoms with Crippen LogP contribution >= 0.6 is 11.3 Å². The largest absolute Gasteiger partial charge is 0.340 e. The minimum absolute atomic E-state index is 0.101. The molecule has 3 amide bonds. The number of aryl methyl sites for hydroxylation is 1. The van der Waals surface area contributed by atoms with Crippen molar-refractivity contribution in [3.8, 4) is 0 Å². The lowest BCUT2D eigenvalue weighted by atomic mass is 10.1. The number of rotatable bonds is 6. The molecule has 1 aliphatic carbocycles. The van der Waals surface area contributed by atoms with Gasteiger partial charge in [0.1, 0.15) is 6.04 Å². The molecule has 38 heavy (non-hydrogen) atoms. The molecular weight excluding hydrogens is 498 g/mol. The van der Waals surface area contributed by atoms with E-state index < -0.39 is 6.04 Å². The van der Waals surface area contributed by atoms with Gasteiger partial charge in [-0.25, -0.2) is 0 Å². The van der Waals surface area contributed by atoms with Crippen LogP contribution in [0.3, 0.4) is 0 Å². The SMILES string of the molecule is CC[C@@H](NC(=O)c1ccc2[nH]ncc2c1)C(=O)N1CCc2sc(C(=O)Nc3cccc4c3CCC4)cc2C1. The van der Waals surface area contributed by atoms with Crippen molar-refractivity contribution in [2.45, 2.75) is 51.6 Å². The molecule has 6 rings (SSSR count). The number of benzene rings is 2. The summed E-state index contributed by atoms with van der Waals surface area (Å²) in [6, 6.07) is 12.7. The number of carbonyl (C=O) groups excluding carboxylic acids is 3. The molecule has 0 bridgehead atoms. The van der Waals surface area contributed by atoms with Gasteiger partial charge in [0.05, 0.1) is 16.6 Å². The van der Waals surface area contributed by atoms with Crippen LogP contribution < -0.4 is 10.6 Å². The lowest BCUT2D eigenvalue weighted by molar-refractivity contribution is -0.134. The summed E-state index contributed by atoms with van der Waals surface area (Å²) in [7, 11) is 0. The summed E-state index contributed by atoms with van der Waals surface area (Å²) in [6.07, 6.45) is 6.04. The molecule has 1 atom stereocenters. The summed E-state index contributed by atoms with van der Waals surface area (Å²) < 4.78 is 0. The summed E-state index contributed by atoms with van der Waals surface area (Å²) in [6.45, 7) is 2.89. The molecule has 0 fully saturated rings. The number of nitrogens with one attached hydrogen (secondary N) is 3. The molecule has 194 valence electrons. The maximum absolute atomic E-state index is 13.4. The fraction of sp³-hybridized carbons (Fsp3) is 0.310. The lowest BCUT2D eigenvalue weighted by Crippen LogP contribution is -2.49. The van der Waals surface area contributed by atoms with Gasteiger partial charge >= 0.3 is 0 Å². The third-order valence-corrected chi connectivity index (χ3v) is 8.75. The average molecular weight is 528 g/mol. The van der Waals surface area contributed by atoms with Crippen LogP contribution in [-0.2, 0) is 30.6 Å². The van der Waals surface area contributed by atoms with E-state index in [4.69, 9.17) is 0 Å². The third-order valence-electron chi connectivity index (χ3n) is 7.51. The van der Waals surface area contributed by atoms with Crippen molar-refractivity contribution in [3.05, 3.63) is 80.7 Å². The van der Waals surface area contributed by atoms with E-state index in [1.807, 2.05) is 31.2 Å². The van der Waals surface area contributed by atoms with E-state index >= 15 is 0 Å². The Morgan fingerprint density at radius 1 is 1.08 bits per heavy atom. The zero-order valence-corrected chi connectivity index (χ0v) is 22.0. The highest BCUT2D eigenvalue weighted by molar-refractivity contribution is 7.14. The molecule has 0 unspecified atom stereocenters. The second kappa shape index (κ2) is 10.1. The van der Waals surface area contributed by atoms with Crippen LogP contribution in [0.25, 0.3) is 10.9 Å². The molecule has 0 saturated heterocycles. The van der Waals surface area contributed by atoms with Gasteiger partial charge in [0.15, 0.2) is 0 Å². The number of H-pyrrole nitrogens is 1. The maximum Gasteiger partial charge on any atom is 0.265 e. The zero-order chi connectivity index (χ0) is 26.2. The predicted octanol–water partition coefficient (Wildman–Crippen LogP) is 4.46. The van der Waals surface area contributed by atoms with Gasteiger partial charge in [-0.1, -0.05) is 19.1 Å². The summed E-state index contributed by atoms with van der Waals surface area (Å²) in [5, 5.41) is 13.7. The summed E-state index contributed by atoms with van der Waals surface area (Å²) in [5.41, 5.74) is 5.82. The van der Waals surface area contributed by atoms with Gasteiger partial charge in [-0.3, -0.25) is 19.5 Å². The van der Waals surface area contributed by atoms with Gasteiger partial charge in [0.2, 0.25) is 5.91 Å². The normalized spacial score (nSPS) is 15.1. The van der Waals surface area contributed by atoms with Crippen molar-refractivity contribution in [3.63, 3.8) is 0 Å². The van der Waals surface area contributed by atoms with Gasteiger partial charge in [-0.2, -0.15) is 5.10 Å². The van der Waals surface area contributed by atoms with Crippen molar-refractivity contribution >= 4 is 45.6 Å². The number of hydrogen-bond acceptors (Lipinski definition) is 5. The summed E-state index contributed by atoms with van der Waals surface area (Å²) in [5.74, 6) is -0.489. The minimum atomic E-state index is -0.620. The van der Waals surface area contributed by atoms with Crippen molar-refractivity contribution in [2.75, 3.05) is 11.9 Å². The van der Waals surface area contributed by atoms with Gasteiger partial charge in [-0.15, -0.1) is 11.3 Å². The molecule has 2 aliphatic rings. The van der Waals surface area contributed by atoms with Crippen LogP contribution in [0, 0.1) is 0 Å². The Morgan fingerprint density at radius 2 is 1.97 bits per heavy atom. The Hall–Kier alpha value is -3.98. The number of hydrogen-bond donors (Lipinski definition) is 3. The molecule has 0 saturated carbocycles. The molecule has 3 N–H and O–H groups in total. The Kier molecular flexibility index (Phi) is 6.45. The number of aromatic nitrogens is 2. The Bertz CT molecular complexity index is 1550. The highest BCUT2D eigenvalue weighted by Crippen LogP contribution is 2.32. The molecule has 3 heterocycles. The lowest BCUT2D eigenvalue weighted by Gasteiger charge is -2.30. The number of thiophene rings is 1. The second-order valence-corrected chi connectivity index (χ2v) is 11.1. The molecule has 9 heteroatoms. The van der Waals surface area contributed by atoms with Crippen LogP contribution in [0.2, 0.25) is 0 Å². The second-order valence-electron chi connectivity index (χ2n) is 9.93. The Labute approximate surface area is 224 Å². The molecule has 2 aromatic heterocycles. The molecular formula is C29H29N5O3S. The molecule has 1 aliphatic heterocycles. The van der Waals surface area contributed by atoms with Crippen LogP contribution in [-0.4, -0.2) is 45.4 Å². The van der Waals surface area contributed by atoms with Crippen LogP contribution in [0.1, 0.15) is 61.4 Å². The standard InChI is InChI=1S/C29H29N5O3S/c1-2-22(31-27(35)18-9-10-23-19(13-18)15-30-33-23)29(37)34-12-11-25-20(16-34)14-26(38-25)28(36)32-24-8-4-6-17-5-3-7-21(17)24/h4,6,8-10,13-15,22H,2-3,5,7,11-12,16H2,1H3,(H,30,33)(H,31,35)(H,32,36)/t22-/m1/s1. The number of nitrogens with zero attached hydrogens (tertiary/aromatic N) is 2. The fourth-order valence-electron chi connectivity index (χ4n) is 5.44. The first kappa shape index (κ1) is 24.4. The molecule has 4 aromatic rings. The Morgan fingerprint density at radius 3 is 2.84 bits per heavy atom. The smallest absolute Gasteiger partial charge is 0.265 e. The monoisotopic (exact) mass is 527 g/mol. The van der Waals surface area contributed by atoms with Gasteiger partial charge in [0.25, 0.3) is 11.8 Å². The first-order chi connectivity index (χ1) is 18.5. The topological polar surface area (TPSA) is 107 Å². The predicted molar refractivity (Wildman–Crippen MR) is 147 cm³/mol. The van der Waals surface area contributed by atoms with Gasteiger partial charge < -0.3 is 15.5 Å². The minimum Gasteiger partial charge on any atom is -0.340 e. The number of amides is 3. The summed E-state index contributed by atoms with van der Waals surface area (Å²) in [4.78, 5) is 43.0. The number of aromatic amines is 1. The molecule has 0 spiro atoms. The molecule has 8 nitrogen and oxygen atoms in total. The van der Waals surface area contributed by atoms with E-state index in [-0.39, 0.29) is 17.7 Å². The van der Waals surface area contributed by atoms with E-state index in [1.54, 1.807) is 23.2 Å².